The van der Waals surface area contributed by atoms with Gasteiger partial charge in [-0.15, -0.1) is 11.3 Å². The zero-order chi connectivity index (χ0) is 26.5. The van der Waals surface area contributed by atoms with Gasteiger partial charge in [-0.2, -0.15) is 0 Å². The number of aromatic nitrogens is 3. The summed E-state index contributed by atoms with van der Waals surface area (Å²) in [7, 11) is 1.64. The minimum Gasteiger partial charge on any atom is -0.488 e. The van der Waals surface area contributed by atoms with Gasteiger partial charge >= 0.3 is 0 Å². The van der Waals surface area contributed by atoms with E-state index < -0.39 is 0 Å². The van der Waals surface area contributed by atoms with E-state index in [2.05, 4.69) is 20.3 Å². The van der Waals surface area contributed by atoms with Gasteiger partial charge in [0, 0.05) is 35.4 Å². The van der Waals surface area contributed by atoms with Crippen molar-refractivity contribution in [1.29, 1.82) is 0 Å². The SMILES string of the molecule is COC[C@H](C)Oc1cc(Oc2ccc(C(=O)NC(C)c3cccs3)cc2)cc(-c2nc3cccnc3[nH]2)c1. The highest BCUT2D eigenvalue weighted by Gasteiger charge is 2.14. The molecule has 5 aromatic rings. The number of rotatable bonds is 10. The van der Waals surface area contributed by atoms with Crippen LogP contribution in [0.25, 0.3) is 22.6 Å². The average molecular weight is 529 g/mol. The zero-order valence-electron chi connectivity index (χ0n) is 21.3. The molecule has 0 saturated heterocycles. The molecule has 1 amide bonds. The fourth-order valence-electron chi connectivity index (χ4n) is 4.02. The Labute approximate surface area is 224 Å². The number of nitrogens with zero attached hydrogens (tertiary/aromatic N) is 2. The van der Waals surface area contributed by atoms with E-state index in [1.165, 1.54) is 0 Å². The van der Waals surface area contributed by atoms with Crippen LogP contribution < -0.4 is 14.8 Å². The van der Waals surface area contributed by atoms with Crippen molar-refractivity contribution in [1.82, 2.24) is 20.3 Å². The summed E-state index contributed by atoms with van der Waals surface area (Å²) in [6.07, 6.45) is 1.56. The van der Waals surface area contributed by atoms with Gasteiger partial charge in [0.1, 0.15) is 34.7 Å². The van der Waals surface area contributed by atoms with Crippen LogP contribution in [0.5, 0.6) is 17.2 Å². The standard InChI is InChI=1S/C29H28N4O4S/c1-18(17-35-3)36-23-14-21(27-32-25-6-4-12-30-28(25)33-27)15-24(16-23)37-22-10-8-20(9-11-22)29(34)31-19(2)26-7-5-13-38-26/h4-16,18-19H,17H2,1-3H3,(H,31,34)(H,30,32,33)/t18-,19?/m0/s1. The molecule has 3 heterocycles. The van der Waals surface area contributed by atoms with Gasteiger partial charge in [-0.1, -0.05) is 6.07 Å². The molecule has 1 unspecified atom stereocenters. The number of fused-ring (bicyclic) bond motifs is 1. The summed E-state index contributed by atoms with van der Waals surface area (Å²) in [5.74, 6) is 2.29. The number of carbonyl (C=O) groups is 1. The summed E-state index contributed by atoms with van der Waals surface area (Å²) >= 11 is 1.62. The highest BCUT2D eigenvalue weighted by Crippen LogP contribution is 2.33. The van der Waals surface area contributed by atoms with E-state index in [0.29, 0.717) is 40.9 Å². The molecule has 0 aliphatic rings. The van der Waals surface area contributed by atoms with Crippen molar-refractivity contribution < 1.29 is 19.0 Å². The molecule has 0 fully saturated rings. The summed E-state index contributed by atoms with van der Waals surface area (Å²) in [4.78, 5) is 26.1. The number of thiophene rings is 1. The molecule has 0 radical (unpaired) electrons. The van der Waals surface area contributed by atoms with Crippen LogP contribution in [-0.2, 0) is 4.74 Å². The third-order valence-corrected chi connectivity index (χ3v) is 6.87. The minimum atomic E-state index is -0.158. The van der Waals surface area contributed by atoms with E-state index in [1.54, 1.807) is 48.9 Å². The Morgan fingerprint density at radius 3 is 2.58 bits per heavy atom. The molecule has 8 nitrogen and oxygen atoms in total. The van der Waals surface area contributed by atoms with E-state index in [1.807, 2.05) is 61.7 Å². The summed E-state index contributed by atoms with van der Waals surface area (Å²) < 4.78 is 17.5. The number of nitrogens with one attached hydrogen (secondary N) is 2. The molecule has 0 spiro atoms. The molecule has 2 aromatic carbocycles. The van der Waals surface area contributed by atoms with Gasteiger partial charge < -0.3 is 24.5 Å². The number of hydrogen-bond donors (Lipinski definition) is 2. The smallest absolute Gasteiger partial charge is 0.251 e. The number of ether oxygens (including phenoxy) is 3. The Kier molecular flexibility index (Phi) is 7.67. The summed E-state index contributed by atoms with van der Waals surface area (Å²) in [5.41, 5.74) is 2.82. The van der Waals surface area contributed by atoms with Gasteiger partial charge in [0.2, 0.25) is 0 Å². The second-order valence-corrected chi connectivity index (χ2v) is 9.85. The Morgan fingerprint density at radius 2 is 1.84 bits per heavy atom. The van der Waals surface area contributed by atoms with Crippen molar-refractivity contribution >= 4 is 28.4 Å². The Bertz CT molecular complexity index is 1480. The van der Waals surface area contributed by atoms with E-state index in [9.17, 15) is 4.79 Å². The summed E-state index contributed by atoms with van der Waals surface area (Å²) in [6, 6.07) is 20.3. The van der Waals surface area contributed by atoms with Crippen LogP contribution in [0.3, 0.4) is 0 Å². The van der Waals surface area contributed by atoms with Crippen molar-refractivity contribution in [3.8, 4) is 28.6 Å². The Balaban J connectivity index is 1.36. The molecule has 9 heteroatoms. The lowest BCUT2D eigenvalue weighted by atomic mass is 10.1. The van der Waals surface area contributed by atoms with Gasteiger partial charge in [-0.3, -0.25) is 4.79 Å². The van der Waals surface area contributed by atoms with E-state index >= 15 is 0 Å². The lowest BCUT2D eigenvalue weighted by Crippen LogP contribution is -2.25. The third kappa shape index (κ3) is 6.01. The van der Waals surface area contributed by atoms with E-state index in [0.717, 1.165) is 16.0 Å². The molecule has 0 saturated carbocycles. The molecule has 38 heavy (non-hydrogen) atoms. The van der Waals surface area contributed by atoms with Gasteiger partial charge in [0.25, 0.3) is 5.91 Å². The van der Waals surface area contributed by atoms with E-state index in [-0.39, 0.29) is 18.1 Å². The lowest BCUT2D eigenvalue weighted by Gasteiger charge is -2.16. The first-order valence-corrected chi connectivity index (χ1v) is 13.1. The van der Waals surface area contributed by atoms with Gasteiger partial charge in [0.15, 0.2) is 5.65 Å². The first-order valence-electron chi connectivity index (χ1n) is 12.2. The molecule has 0 aliphatic carbocycles. The first kappa shape index (κ1) is 25.4. The monoisotopic (exact) mass is 528 g/mol. The van der Waals surface area contributed by atoms with E-state index in [4.69, 9.17) is 14.2 Å². The number of aromatic amines is 1. The van der Waals surface area contributed by atoms with Gasteiger partial charge in [0.05, 0.1) is 12.6 Å². The van der Waals surface area contributed by atoms with Crippen LogP contribution in [0, 0.1) is 0 Å². The predicted molar refractivity (Wildman–Crippen MR) is 148 cm³/mol. The molecule has 0 bridgehead atoms. The maximum Gasteiger partial charge on any atom is 0.251 e. The number of benzene rings is 2. The number of pyridine rings is 1. The van der Waals surface area contributed by atoms with Gasteiger partial charge in [-0.05, 0) is 73.8 Å². The Morgan fingerprint density at radius 1 is 1.03 bits per heavy atom. The van der Waals surface area contributed by atoms with Crippen LogP contribution in [0.4, 0.5) is 0 Å². The normalized spacial score (nSPS) is 12.7. The number of imidazole rings is 1. The predicted octanol–water partition coefficient (Wildman–Crippen LogP) is 6.38. The van der Waals surface area contributed by atoms with Crippen molar-refractivity contribution in [2.45, 2.75) is 26.0 Å². The van der Waals surface area contributed by atoms with Crippen molar-refractivity contribution in [3.63, 3.8) is 0 Å². The molecular weight excluding hydrogens is 500 g/mol. The number of hydrogen-bond acceptors (Lipinski definition) is 7. The fourth-order valence-corrected chi connectivity index (χ4v) is 4.75. The van der Waals surface area contributed by atoms with Gasteiger partial charge in [-0.25, -0.2) is 9.97 Å². The number of H-pyrrole nitrogens is 1. The maximum absolute atomic E-state index is 12.7. The van der Waals surface area contributed by atoms with Crippen LogP contribution in [0.15, 0.2) is 78.3 Å². The molecule has 0 aliphatic heterocycles. The number of carbonyl (C=O) groups excluding carboxylic acids is 1. The topological polar surface area (TPSA) is 98.4 Å². The van der Waals surface area contributed by atoms with Crippen LogP contribution in [0.1, 0.15) is 35.1 Å². The molecule has 5 rings (SSSR count). The fraction of sp³-hybridized carbons (Fsp3) is 0.207. The van der Waals surface area contributed by atoms with Crippen LogP contribution in [-0.4, -0.2) is 40.7 Å². The zero-order valence-corrected chi connectivity index (χ0v) is 22.1. The van der Waals surface area contributed by atoms with Crippen molar-refractivity contribution in [2.75, 3.05) is 13.7 Å². The number of methoxy groups -OCH3 is 1. The lowest BCUT2D eigenvalue weighted by molar-refractivity contribution is 0.0920. The highest BCUT2D eigenvalue weighted by molar-refractivity contribution is 7.10. The number of amides is 1. The summed E-state index contributed by atoms with van der Waals surface area (Å²) in [6.45, 7) is 4.36. The summed E-state index contributed by atoms with van der Waals surface area (Å²) in [5, 5.41) is 5.03. The molecule has 2 atom stereocenters. The molecule has 3 aromatic heterocycles. The first-order chi connectivity index (χ1) is 18.5. The molecule has 194 valence electrons. The van der Waals surface area contributed by atoms with Crippen molar-refractivity contribution in [3.05, 3.63) is 88.7 Å². The average Bonchev–Trinajstić information content (AvgIpc) is 3.60. The third-order valence-electron chi connectivity index (χ3n) is 5.82. The van der Waals surface area contributed by atoms with Crippen LogP contribution in [0.2, 0.25) is 0 Å². The maximum atomic E-state index is 12.7. The quantitative estimate of drug-likeness (QED) is 0.218. The Hall–Kier alpha value is -4.21. The largest absolute Gasteiger partial charge is 0.488 e. The van der Waals surface area contributed by atoms with Crippen LogP contribution >= 0.6 is 11.3 Å². The highest BCUT2D eigenvalue weighted by atomic mass is 32.1. The van der Waals surface area contributed by atoms with Crippen molar-refractivity contribution in [2.24, 2.45) is 0 Å². The second kappa shape index (κ2) is 11.5. The molecule has 2 N–H and O–H groups in total. The second-order valence-electron chi connectivity index (χ2n) is 8.87. The minimum absolute atomic E-state index is 0.0615. The molecular formula is C29H28N4O4S.